The van der Waals surface area contributed by atoms with Gasteiger partial charge in [0.15, 0.2) is 11.5 Å². The Balaban J connectivity index is 2.24. The third kappa shape index (κ3) is 4.52. The molecule has 1 unspecified atom stereocenters. The van der Waals surface area contributed by atoms with Crippen molar-refractivity contribution in [2.45, 2.75) is 46.1 Å². The van der Waals surface area contributed by atoms with Crippen LogP contribution in [0.1, 0.15) is 51.6 Å². The zero-order chi connectivity index (χ0) is 15.2. The fraction of sp³-hybridized carbons (Fsp3) is 0.647. The van der Waals surface area contributed by atoms with Gasteiger partial charge in [0.05, 0.1) is 13.2 Å². The second-order valence-corrected chi connectivity index (χ2v) is 6.36. The van der Waals surface area contributed by atoms with Crippen LogP contribution in [-0.4, -0.2) is 19.8 Å². The molecule has 21 heavy (non-hydrogen) atoms. The minimum Gasteiger partial charge on any atom is -0.490 e. The van der Waals surface area contributed by atoms with Crippen molar-refractivity contribution in [1.82, 2.24) is 5.32 Å². The number of nitrogens with one attached hydrogen (secondary N) is 1. The van der Waals surface area contributed by atoms with E-state index in [4.69, 9.17) is 21.1 Å². The zero-order valence-corrected chi connectivity index (χ0v) is 14.0. The third-order valence-corrected chi connectivity index (χ3v) is 4.05. The summed E-state index contributed by atoms with van der Waals surface area (Å²) in [6, 6.07) is 4.22. The Kier molecular flexibility index (Phi) is 6.19. The van der Waals surface area contributed by atoms with E-state index in [1.54, 1.807) is 0 Å². The number of halogens is 1. The summed E-state index contributed by atoms with van der Waals surface area (Å²) in [5, 5.41) is 4.30. The molecule has 1 heterocycles. The smallest absolute Gasteiger partial charge is 0.162 e. The lowest BCUT2D eigenvalue weighted by Crippen LogP contribution is -2.21. The minimum absolute atomic E-state index is 0.266. The standard InChI is InChI=1S/C17H26ClNO2/c1-4-19-15(7-6-12(2)3)13-10-16-17(11-14(13)18)21-9-5-8-20-16/h10-12,15,19H,4-9H2,1-3H3. The van der Waals surface area contributed by atoms with Crippen LogP contribution in [0.25, 0.3) is 0 Å². The van der Waals surface area contributed by atoms with E-state index >= 15 is 0 Å². The highest BCUT2D eigenvalue weighted by atomic mass is 35.5. The number of hydrogen-bond donors (Lipinski definition) is 1. The topological polar surface area (TPSA) is 30.5 Å². The molecule has 0 aromatic heterocycles. The lowest BCUT2D eigenvalue weighted by molar-refractivity contribution is 0.297. The van der Waals surface area contributed by atoms with Gasteiger partial charge in [0.25, 0.3) is 0 Å². The zero-order valence-electron chi connectivity index (χ0n) is 13.2. The molecule has 0 radical (unpaired) electrons. The second-order valence-electron chi connectivity index (χ2n) is 5.95. The van der Waals surface area contributed by atoms with E-state index in [0.29, 0.717) is 19.1 Å². The van der Waals surface area contributed by atoms with Crippen LogP contribution in [0.3, 0.4) is 0 Å². The summed E-state index contributed by atoms with van der Waals surface area (Å²) in [5.74, 6) is 2.27. The molecule has 1 N–H and O–H groups in total. The largest absolute Gasteiger partial charge is 0.490 e. The van der Waals surface area contributed by atoms with Crippen molar-refractivity contribution in [1.29, 1.82) is 0 Å². The number of hydrogen-bond acceptors (Lipinski definition) is 3. The van der Waals surface area contributed by atoms with Crippen molar-refractivity contribution in [3.63, 3.8) is 0 Å². The Hall–Kier alpha value is -0.930. The maximum absolute atomic E-state index is 6.48. The molecule has 4 heteroatoms. The molecule has 0 saturated carbocycles. The van der Waals surface area contributed by atoms with Crippen molar-refractivity contribution >= 4 is 11.6 Å². The molecule has 1 aliphatic rings. The van der Waals surface area contributed by atoms with Gasteiger partial charge in [-0.05, 0) is 36.9 Å². The summed E-state index contributed by atoms with van der Waals surface area (Å²) < 4.78 is 11.5. The van der Waals surface area contributed by atoms with E-state index in [2.05, 4.69) is 32.2 Å². The van der Waals surface area contributed by atoms with Crippen molar-refractivity contribution in [2.75, 3.05) is 19.8 Å². The van der Waals surface area contributed by atoms with Gasteiger partial charge in [-0.2, -0.15) is 0 Å². The molecule has 0 bridgehead atoms. The monoisotopic (exact) mass is 311 g/mol. The summed E-state index contributed by atoms with van der Waals surface area (Å²) in [6.07, 6.45) is 3.15. The number of rotatable bonds is 6. The Morgan fingerprint density at radius 3 is 2.43 bits per heavy atom. The van der Waals surface area contributed by atoms with Crippen molar-refractivity contribution in [2.24, 2.45) is 5.92 Å². The van der Waals surface area contributed by atoms with Gasteiger partial charge in [-0.1, -0.05) is 32.4 Å². The number of benzene rings is 1. The molecule has 0 saturated heterocycles. The molecule has 0 spiro atoms. The first-order chi connectivity index (χ1) is 10.1. The fourth-order valence-corrected chi connectivity index (χ4v) is 2.87. The van der Waals surface area contributed by atoms with Gasteiger partial charge in [0, 0.05) is 23.6 Å². The highest BCUT2D eigenvalue weighted by Gasteiger charge is 2.19. The average molecular weight is 312 g/mol. The maximum Gasteiger partial charge on any atom is 0.162 e. The molecular weight excluding hydrogens is 286 g/mol. The summed E-state index contributed by atoms with van der Waals surface area (Å²) >= 11 is 6.48. The Bertz CT molecular complexity index is 462. The van der Waals surface area contributed by atoms with Crippen molar-refractivity contribution < 1.29 is 9.47 Å². The molecular formula is C17H26ClNO2. The molecule has 118 valence electrons. The first-order valence-electron chi connectivity index (χ1n) is 7.94. The highest BCUT2D eigenvalue weighted by Crippen LogP contribution is 2.38. The van der Waals surface area contributed by atoms with E-state index in [-0.39, 0.29) is 6.04 Å². The molecule has 0 fully saturated rings. The van der Waals surface area contributed by atoms with Crippen LogP contribution in [0.2, 0.25) is 5.02 Å². The summed E-state index contributed by atoms with van der Waals surface area (Å²) in [7, 11) is 0. The first kappa shape index (κ1) is 16.4. The molecule has 3 nitrogen and oxygen atoms in total. The van der Waals surface area contributed by atoms with Crippen molar-refractivity contribution in [3.8, 4) is 11.5 Å². The van der Waals surface area contributed by atoms with Crippen LogP contribution in [0.4, 0.5) is 0 Å². The molecule has 2 rings (SSSR count). The normalized spacial score (nSPS) is 15.9. The highest BCUT2D eigenvalue weighted by molar-refractivity contribution is 6.31. The molecule has 1 aliphatic heterocycles. The van der Waals surface area contributed by atoms with Crippen LogP contribution >= 0.6 is 11.6 Å². The van der Waals surface area contributed by atoms with E-state index in [0.717, 1.165) is 41.5 Å². The van der Waals surface area contributed by atoms with E-state index in [9.17, 15) is 0 Å². The second kappa shape index (κ2) is 7.90. The molecule has 1 atom stereocenters. The minimum atomic E-state index is 0.266. The van der Waals surface area contributed by atoms with Gasteiger partial charge in [0.2, 0.25) is 0 Å². The predicted octanol–water partition coefficient (Wildman–Crippen LogP) is 4.59. The maximum atomic E-state index is 6.48. The quantitative estimate of drug-likeness (QED) is 0.833. The lowest BCUT2D eigenvalue weighted by atomic mass is 9.97. The summed E-state index contributed by atoms with van der Waals surface area (Å²) in [4.78, 5) is 0. The SMILES string of the molecule is CCNC(CCC(C)C)c1cc2c(cc1Cl)OCCCO2. The molecule has 0 aliphatic carbocycles. The van der Waals surface area contributed by atoms with Gasteiger partial charge >= 0.3 is 0 Å². The van der Waals surface area contributed by atoms with Gasteiger partial charge in [-0.25, -0.2) is 0 Å². The van der Waals surface area contributed by atoms with E-state index in [1.807, 2.05) is 6.07 Å². The summed E-state index contributed by atoms with van der Waals surface area (Å²) in [6.45, 7) is 8.93. The van der Waals surface area contributed by atoms with Crippen molar-refractivity contribution in [3.05, 3.63) is 22.7 Å². The van der Waals surface area contributed by atoms with Gasteiger partial charge in [0.1, 0.15) is 0 Å². The molecule has 0 amide bonds. The van der Waals surface area contributed by atoms with Crippen LogP contribution < -0.4 is 14.8 Å². The molecule has 1 aromatic rings. The fourth-order valence-electron chi connectivity index (χ4n) is 2.58. The predicted molar refractivity (Wildman–Crippen MR) is 87.5 cm³/mol. The average Bonchev–Trinajstić information content (AvgIpc) is 2.67. The van der Waals surface area contributed by atoms with Crippen LogP contribution in [0.15, 0.2) is 12.1 Å². The Labute approximate surface area is 133 Å². The Morgan fingerprint density at radius 1 is 1.14 bits per heavy atom. The first-order valence-corrected chi connectivity index (χ1v) is 8.32. The summed E-state index contributed by atoms with van der Waals surface area (Å²) in [5.41, 5.74) is 1.11. The third-order valence-electron chi connectivity index (χ3n) is 3.73. The van der Waals surface area contributed by atoms with Crippen LogP contribution in [-0.2, 0) is 0 Å². The van der Waals surface area contributed by atoms with Gasteiger partial charge in [-0.3, -0.25) is 0 Å². The van der Waals surface area contributed by atoms with Crippen LogP contribution in [0, 0.1) is 5.92 Å². The van der Waals surface area contributed by atoms with Gasteiger partial charge in [-0.15, -0.1) is 0 Å². The lowest BCUT2D eigenvalue weighted by Gasteiger charge is -2.22. The molecule has 1 aromatic carbocycles. The van der Waals surface area contributed by atoms with E-state index in [1.165, 1.54) is 6.42 Å². The van der Waals surface area contributed by atoms with Crippen LogP contribution in [0.5, 0.6) is 11.5 Å². The Morgan fingerprint density at radius 2 is 1.81 bits per heavy atom. The van der Waals surface area contributed by atoms with E-state index < -0.39 is 0 Å². The number of ether oxygens (including phenoxy) is 2. The number of fused-ring (bicyclic) bond motifs is 1. The van der Waals surface area contributed by atoms with Gasteiger partial charge < -0.3 is 14.8 Å².